The van der Waals surface area contributed by atoms with Gasteiger partial charge in [0.1, 0.15) is 0 Å². The highest BCUT2D eigenvalue weighted by atomic mass is 32.2. The number of nitrogens with two attached hydrogens (primary N) is 1. The molecule has 1 aromatic carbocycles. The number of rotatable bonds is 5. The predicted octanol–water partition coefficient (Wildman–Crippen LogP) is 2.33. The lowest BCUT2D eigenvalue weighted by Gasteiger charge is -2.10. The van der Waals surface area contributed by atoms with Gasteiger partial charge in [-0.1, -0.05) is 13.8 Å². The average Bonchev–Trinajstić information content (AvgIpc) is 2.31. The van der Waals surface area contributed by atoms with Gasteiger partial charge < -0.3 is 11.1 Å². The molecule has 1 amide bonds. The molecule has 0 saturated heterocycles. The van der Waals surface area contributed by atoms with Gasteiger partial charge in [0, 0.05) is 23.0 Å². The van der Waals surface area contributed by atoms with Gasteiger partial charge in [-0.05, 0) is 30.0 Å². The van der Waals surface area contributed by atoms with Crippen molar-refractivity contribution in [1.29, 1.82) is 0 Å². The standard InChI is InChI=1S/C12H18N2OS/c1-3-16-11-6-4-10(5-7-11)14-12(15)9(2)8-13/h4-7,9H,3,8,13H2,1-2H3,(H,14,15). The van der Waals surface area contributed by atoms with Crippen LogP contribution in [0.2, 0.25) is 0 Å². The van der Waals surface area contributed by atoms with Gasteiger partial charge in [-0.15, -0.1) is 11.8 Å². The summed E-state index contributed by atoms with van der Waals surface area (Å²) in [5, 5.41) is 2.83. The zero-order valence-electron chi connectivity index (χ0n) is 9.69. The van der Waals surface area contributed by atoms with Crippen molar-refractivity contribution in [3.63, 3.8) is 0 Å². The molecule has 16 heavy (non-hydrogen) atoms. The number of hydrogen-bond donors (Lipinski definition) is 2. The number of benzene rings is 1. The van der Waals surface area contributed by atoms with Crippen LogP contribution < -0.4 is 11.1 Å². The lowest BCUT2D eigenvalue weighted by molar-refractivity contribution is -0.119. The normalized spacial score (nSPS) is 12.2. The van der Waals surface area contributed by atoms with Gasteiger partial charge >= 0.3 is 0 Å². The lowest BCUT2D eigenvalue weighted by atomic mass is 10.1. The second kappa shape index (κ2) is 6.55. The molecular formula is C12H18N2OS. The molecule has 1 rings (SSSR count). The molecule has 0 aromatic heterocycles. The van der Waals surface area contributed by atoms with Crippen LogP contribution in [0.5, 0.6) is 0 Å². The van der Waals surface area contributed by atoms with E-state index in [9.17, 15) is 4.79 Å². The third-order valence-corrected chi connectivity index (χ3v) is 3.13. The molecule has 0 bridgehead atoms. The molecule has 0 aliphatic carbocycles. The van der Waals surface area contributed by atoms with Gasteiger partial charge in [-0.2, -0.15) is 0 Å². The van der Waals surface area contributed by atoms with E-state index < -0.39 is 0 Å². The molecule has 0 fully saturated rings. The van der Waals surface area contributed by atoms with Crippen LogP contribution in [-0.2, 0) is 4.79 Å². The molecule has 3 N–H and O–H groups in total. The van der Waals surface area contributed by atoms with E-state index >= 15 is 0 Å². The van der Waals surface area contributed by atoms with Crippen LogP contribution in [0.1, 0.15) is 13.8 Å². The van der Waals surface area contributed by atoms with E-state index in [1.807, 2.05) is 31.2 Å². The molecule has 1 atom stereocenters. The average molecular weight is 238 g/mol. The van der Waals surface area contributed by atoms with Crippen molar-refractivity contribution in [2.75, 3.05) is 17.6 Å². The number of carbonyl (C=O) groups is 1. The second-order valence-electron chi connectivity index (χ2n) is 3.58. The van der Waals surface area contributed by atoms with Crippen LogP contribution in [0.3, 0.4) is 0 Å². The molecule has 1 aromatic rings. The third kappa shape index (κ3) is 3.87. The molecule has 0 aliphatic rings. The van der Waals surface area contributed by atoms with Crippen molar-refractivity contribution in [1.82, 2.24) is 0 Å². The Morgan fingerprint density at radius 2 is 2.06 bits per heavy atom. The van der Waals surface area contributed by atoms with E-state index in [0.717, 1.165) is 11.4 Å². The first-order valence-electron chi connectivity index (χ1n) is 5.41. The second-order valence-corrected chi connectivity index (χ2v) is 4.92. The zero-order chi connectivity index (χ0) is 12.0. The molecular weight excluding hydrogens is 220 g/mol. The van der Waals surface area contributed by atoms with Gasteiger partial charge in [0.2, 0.25) is 5.91 Å². The summed E-state index contributed by atoms with van der Waals surface area (Å²) < 4.78 is 0. The van der Waals surface area contributed by atoms with Crippen LogP contribution in [0.25, 0.3) is 0 Å². The molecule has 0 aliphatic heterocycles. The van der Waals surface area contributed by atoms with E-state index in [0.29, 0.717) is 6.54 Å². The quantitative estimate of drug-likeness (QED) is 0.774. The third-order valence-electron chi connectivity index (χ3n) is 2.23. The van der Waals surface area contributed by atoms with Crippen LogP contribution in [0, 0.1) is 5.92 Å². The van der Waals surface area contributed by atoms with Gasteiger partial charge in [-0.25, -0.2) is 0 Å². The Kier molecular flexibility index (Phi) is 5.35. The minimum atomic E-state index is -0.148. The van der Waals surface area contributed by atoms with Crippen LogP contribution in [0.15, 0.2) is 29.2 Å². The van der Waals surface area contributed by atoms with Gasteiger partial charge in [0.05, 0.1) is 0 Å². The van der Waals surface area contributed by atoms with Gasteiger partial charge in [-0.3, -0.25) is 4.79 Å². The Morgan fingerprint density at radius 1 is 1.44 bits per heavy atom. The van der Waals surface area contributed by atoms with E-state index in [2.05, 4.69) is 12.2 Å². The fourth-order valence-electron chi connectivity index (χ4n) is 1.17. The summed E-state index contributed by atoms with van der Waals surface area (Å²) in [7, 11) is 0. The number of carbonyl (C=O) groups excluding carboxylic acids is 1. The highest BCUT2D eigenvalue weighted by Gasteiger charge is 2.10. The van der Waals surface area contributed by atoms with Crippen molar-refractivity contribution < 1.29 is 4.79 Å². The van der Waals surface area contributed by atoms with Crippen molar-refractivity contribution in [3.8, 4) is 0 Å². The summed E-state index contributed by atoms with van der Waals surface area (Å²) in [5.74, 6) is 0.874. The number of thioether (sulfide) groups is 1. The van der Waals surface area contributed by atoms with Crippen molar-refractivity contribution in [2.45, 2.75) is 18.7 Å². The van der Waals surface area contributed by atoms with Gasteiger partial charge in [0.15, 0.2) is 0 Å². The van der Waals surface area contributed by atoms with E-state index in [1.54, 1.807) is 11.8 Å². The Morgan fingerprint density at radius 3 is 2.56 bits per heavy atom. The summed E-state index contributed by atoms with van der Waals surface area (Å²) in [6, 6.07) is 7.85. The van der Waals surface area contributed by atoms with Crippen molar-refractivity contribution >= 4 is 23.4 Å². The largest absolute Gasteiger partial charge is 0.330 e. The molecule has 3 nitrogen and oxygen atoms in total. The molecule has 0 spiro atoms. The highest BCUT2D eigenvalue weighted by Crippen LogP contribution is 2.19. The minimum absolute atomic E-state index is 0.0293. The summed E-state index contributed by atoms with van der Waals surface area (Å²) >= 11 is 1.78. The molecule has 88 valence electrons. The fraction of sp³-hybridized carbons (Fsp3) is 0.417. The summed E-state index contributed by atoms with van der Waals surface area (Å²) in [4.78, 5) is 12.8. The Bertz CT molecular complexity index is 337. The molecule has 4 heteroatoms. The number of amides is 1. The van der Waals surface area contributed by atoms with Crippen LogP contribution >= 0.6 is 11.8 Å². The monoisotopic (exact) mass is 238 g/mol. The van der Waals surface area contributed by atoms with Crippen molar-refractivity contribution in [3.05, 3.63) is 24.3 Å². The van der Waals surface area contributed by atoms with E-state index in [1.165, 1.54) is 4.90 Å². The van der Waals surface area contributed by atoms with Crippen LogP contribution in [0.4, 0.5) is 5.69 Å². The number of hydrogen-bond acceptors (Lipinski definition) is 3. The maximum atomic E-state index is 11.6. The van der Waals surface area contributed by atoms with Gasteiger partial charge in [0.25, 0.3) is 0 Å². The molecule has 0 heterocycles. The molecule has 1 unspecified atom stereocenters. The smallest absolute Gasteiger partial charge is 0.228 e. The highest BCUT2D eigenvalue weighted by molar-refractivity contribution is 7.99. The van der Waals surface area contributed by atoms with Crippen LogP contribution in [-0.4, -0.2) is 18.2 Å². The maximum Gasteiger partial charge on any atom is 0.228 e. The Hall–Kier alpha value is -1.00. The van der Waals surface area contributed by atoms with E-state index in [4.69, 9.17) is 5.73 Å². The summed E-state index contributed by atoms with van der Waals surface area (Å²) in [6.45, 7) is 4.30. The SMILES string of the molecule is CCSc1ccc(NC(=O)C(C)CN)cc1. The topological polar surface area (TPSA) is 55.1 Å². The summed E-state index contributed by atoms with van der Waals surface area (Å²) in [5.41, 5.74) is 6.25. The van der Waals surface area contributed by atoms with E-state index in [-0.39, 0.29) is 11.8 Å². The molecule has 0 saturated carbocycles. The maximum absolute atomic E-state index is 11.6. The first-order chi connectivity index (χ1) is 7.67. The predicted molar refractivity (Wildman–Crippen MR) is 69.7 cm³/mol. The number of nitrogens with one attached hydrogen (secondary N) is 1. The molecule has 0 radical (unpaired) electrons. The van der Waals surface area contributed by atoms with Crippen molar-refractivity contribution in [2.24, 2.45) is 11.7 Å². The Balaban J connectivity index is 2.58. The lowest BCUT2D eigenvalue weighted by Crippen LogP contribution is -2.26. The first-order valence-corrected chi connectivity index (χ1v) is 6.39. The number of anilines is 1. The Labute approximate surface area is 101 Å². The first kappa shape index (κ1) is 13.1. The zero-order valence-corrected chi connectivity index (χ0v) is 10.5. The minimum Gasteiger partial charge on any atom is -0.330 e. The summed E-state index contributed by atoms with van der Waals surface area (Å²) in [6.07, 6.45) is 0. The fourth-order valence-corrected chi connectivity index (χ4v) is 1.84.